The van der Waals surface area contributed by atoms with Gasteiger partial charge in [0.15, 0.2) is 0 Å². The van der Waals surface area contributed by atoms with Crippen LogP contribution in [-0.2, 0) is 20.5 Å². The molecule has 0 saturated carbocycles. The molecule has 0 aliphatic carbocycles. The summed E-state index contributed by atoms with van der Waals surface area (Å²) < 4.78 is 44.0. The third-order valence-corrected chi connectivity index (χ3v) is 4.93. The molecule has 0 bridgehead atoms. The highest BCUT2D eigenvalue weighted by Gasteiger charge is 2.46. The van der Waals surface area contributed by atoms with Crippen molar-refractivity contribution in [3.8, 4) is 0 Å². The third-order valence-electron chi connectivity index (χ3n) is 4.93. The molecule has 1 unspecified atom stereocenters. The van der Waals surface area contributed by atoms with Crippen molar-refractivity contribution < 1.29 is 32.3 Å². The number of carbonyl (C=O) groups excluding carboxylic acids is 3. The van der Waals surface area contributed by atoms with Crippen LogP contribution in [0.2, 0.25) is 0 Å². The molecule has 29 heavy (non-hydrogen) atoms. The molecule has 0 radical (unpaired) electrons. The normalized spacial score (nSPS) is 21.1. The average Bonchev–Trinajstić information content (AvgIpc) is 3.21. The van der Waals surface area contributed by atoms with Crippen molar-refractivity contribution in [3.05, 3.63) is 65.2 Å². The highest BCUT2D eigenvalue weighted by atomic mass is 19.4. The number of anilines is 1. The van der Waals surface area contributed by atoms with Gasteiger partial charge < -0.3 is 10.1 Å². The van der Waals surface area contributed by atoms with Crippen molar-refractivity contribution in [1.29, 1.82) is 0 Å². The Bertz CT molecular complexity index is 1010. The number of hydrogen-bond donors (Lipinski definition) is 1. The van der Waals surface area contributed by atoms with Gasteiger partial charge in [-0.3, -0.25) is 14.5 Å². The van der Waals surface area contributed by atoms with E-state index < -0.39 is 35.9 Å². The second kappa shape index (κ2) is 6.91. The minimum atomic E-state index is -4.54. The molecular weight excluding hydrogens is 389 g/mol. The molecule has 2 aromatic carbocycles. The lowest BCUT2D eigenvalue weighted by atomic mass is 10.1. The van der Waals surface area contributed by atoms with Crippen LogP contribution in [0.1, 0.15) is 40.6 Å². The summed E-state index contributed by atoms with van der Waals surface area (Å²) in [6.45, 7) is 0. The average molecular weight is 404 g/mol. The SMILES string of the molecule is O=C1OC(N2C(=O)CC[C@H]2C(=O)Nc2cccc(C(F)(F)F)c2)c2ccccc21. The molecule has 1 fully saturated rings. The van der Waals surface area contributed by atoms with Crippen LogP contribution in [-0.4, -0.2) is 28.7 Å². The quantitative estimate of drug-likeness (QED) is 0.795. The molecule has 9 heteroatoms. The number of cyclic esters (lactones) is 1. The summed E-state index contributed by atoms with van der Waals surface area (Å²) in [4.78, 5) is 38.4. The molecule has 1 N–H and O–H groups in total. The first-order chi connectivity index (χ1) is 13.8. The van der Waals surface area contributed by atoms with Crippen LogP contribution in [0.4, 0.5) is 18.9 Å². The Labute approximate surface area is 163 Å². The van der Waals surface area contributed by atoms with Gasteiger partial charge in [0.05, 0.1) is 11.1 Å². The molecule has 4 rings (SSSR count). The van der Waals surface area contributed by atoms with Crippen molar-refractivity contribution in [2.45, 2.75) is 31.3 Å². The zero-order valence-electron chi connectivity index (χ0n) is 14.9. The predicted molar refractivity (Wildman–Crippen MR) is 94.5 cm³/mol. The predicted octanol–water partition coefficient (Wildman–Crippen LogP) is 3.50. The van der Waals surface area contributed by atoms with E-state index in [2.05, 4.69) is 5.32 Å². The maximum atomic E-state index is 12.9. The Morgan fingerprint density at radius 3 is 2.62 bits per heavy atom. The second-order valence-electron chi connectivity index (χ2n) is 6.77. The Morgan fingerprint density at radius 1 is 1.10 bits per heavy atom. The topological polar surface area (TPSA) is 75.7 Å². The molecule has 1 saturated heterocycles. The van der Waals surface area contributed by atoms with Crippen molar-refractivity contribution >= 4 is 23.5 Å². The minimum Gasteiger partial charge on any atom is -0.433 e. The van der Waals surface area contributed by atoms with Crippen LogP contribution in [0.5, 0.6) is 0 Å². The highest BCUT2D eigenvalue weighted by molar-refractivity contribution is 6.00. The zero-order chi connectivity index (χ0) is 20.8. The Kier molecular flexibility index (Phi) is 4.52. The van der Waals surface area contributed by atoms with E-state index >= 15 is 0 Å². The standard InChI is InChI=1S/C20H15F3N2O4/c21-20(22,23)11-4-3-5-12(10-11)24-17(27)15-8-9-16(26)25(15)18-13-6-1-2-7-14(13)19(28)29-18/h1-7,10,15,18H,8-9H2,(H,24,27)/t15-,18?/m0/s1. The number of amides is 2. The van der Waals surface area contributed by atoms with Crippen LogP contribution < -0.4 is 5.32 Å². The van der Waals surface area contributed by atoms with Gasteiger partial charge in [0.2, 0.25) is 18.0 Å². The van der Waals surface area contributed by atoms with E-state index in [1.165, 1.54) is 17.0 Å². The molecule has 6 nitrogen and oxygen atoms in total. The first kappa shape index (κ1) is 19.0. The fraction of sp³-hybridized carbons (Fsp3) is 0.250. The Morgan fingerprint density at radius 2 is 1.86 bits per heavy atom. The number of likely N-dealkylation sites (tertiary alicyclic amines) is 1. The van der Waals surface area contributed by atoms with Crippen LogP contribution in [0, 0.1) is 0 Å². The van der Waals surface area contributed by atoms with Crippen molar-refractivity contribution in [2.24, 2.45) is 0 Å². The summed E-state index contributed by atoms with van der Waals surface area (Å²) in [6.07, 6.45) is -5.35. The van der Waals surface area contributed by atoms with Gasteiger partial charge in [0.25, 0.3) is 0 Å². The van der Waals surface area contributed by atoms with Crippen molar-refractivity contribution in [1.82, 2.24) is 4.90 Å². The van der Waals surface area contributed by atoms with Crippen LogP contribution in [0.25, 0.3) is 0 Å². The molecule has 2 aliphatic rings. The summed E-state index contributed by atoms with van der Waals surface area (Å²) in [5.74, 6) is -1.61. The molecule has 2 aromatic rings. The number of nitrogens with zero attached hydrogens (tertiary/aromatic N) is 1. The van der Waals surface area contributed by atoms with E-state index in [1.54, 1.807) is 24.3 Å². The van der Waals surface area contributed by atoms with Crippen LogP contribution >= 0.6 is 0 Å². The Hall–Kier alpha value is -3.36. The number of alkyl halides is 3. The van der Waals surface area contributed by atoms with Crippen molar-refractivity contribution in [2.75, 3.05) is 5.32 Å². The van der Waals surface area contributed by atoms with Crippen LogP contribution in [0.3, 0.4) is 0 Å². The summed E-state index contributed by atoms with van der Waals surface area (Å²) in [5, 5.41) is 2.43. The number of carbonyl (C=O) groups is 3. The largest absolute Gasteiger partial charge is 0.433 e. The number of halogens is 3. The van der Waals surface area contributed by atoms with E-state index in [9.17, 15) is 27.6 Å². The monoisotopic (exact) mass is 404 g/mol. The fourth-order valence-electron chi connectivity index (χ4n) is 3.59. The number of fused-ring (bicyclic) bond motifs is 1. The van der Waals surface area contributed by atoms with Crippen LogP contribution in [0.15, 0.2) is 48.5 Å². The number of benzene rings is 2. The first-order valence-electron chi connectivity index (χ1n) is 8.85. The summed E-state index contributed by atoms with van der Waals surface area (Å²) in [6, 6.07) is 9.82. The number of ether oxygens (including phenoxy) is 1. The van der Waals surface area contributed by atoms with Gasteiger partial charge in [-0.1, -0.05) is 24.3 Å². The van der Waals surface area contributed by atoms with E-state index in [0.717, 1.165) is 12.1 Å². The van der Waals surface area contributed by atoms with E-state index in [-0.39, 0.29) is 24.4 Å². The lowest BCUT2D eigenvalue weighted by molar-refractivity contribution is -0.144. The molecule has 150 valence electrons. The summed E-state index contributed by atoms with van der Waals surface area (Å²) in [7, 11) is 0. The zero-order valence-corrected chi connectivity index (χ0v) is 14.9. The minimum absolute atomic E-state index is 0.0343. The van der Waals surface area contributed by atoms with Gasteiger partial charge in [-0.25, -0.2) is 4.79 Å². The summed E-state index contributed by atoms with van der Waals surface area (Å²) >= 11 is 0. The molecule has 0 aromatic heterocycles. The second-order valence-corrected chi connectivity index (χ2v) is 6.77. The van der Waals surface area contributed by atoms with E-state index in [0.29, 0.717) is 11.1 Å². The summed E-state index contributed by atoms with van der Waals surface area (Å²) in [5.41, 5.74) is -0.139. The molecule has 2 atom stereocenters. The van der Waals surface area contributed by atoms with Crippen molar-refractivity contribution in [3.63, 3.8) is 0 Å². The number of hydrogen-bond acceptors (Lipinski definition) is 4. The number of nitrogens with one attached hydrogen (secondary N) is 1. The molecule has 2 aliphatic heterocycles. The van der Waals surface area contributed by atoms with Gasteiger partial charge in [0.1, 0.15) is 6.04 Å². The molecular formula is C20H15F3N2O4. The molecule has 2 heterocycles. The van der Waals surface area contributed by atoms with Gasteiger partial charge >= 0.3 is 12.1 Å². The maximum absolute atomic E-state index is 12.9. The number of esters is 1. The van der Waals surface area contributed by atoms with Gasteiger partial charge in [-0.2, -0.15) is 13.2 Å². The maximum Gasteiger partial charge on any atom is 0.416 e. The van der Waals surface area contributed by atoms with Gasteiger partial charge in [0, 0.05) is 17.7 Å². The lowest BCUT2D eigenvalue weighted by Gasteiger charge is -2.29. The van der Waals surface area contributed by atoms with E-state index in [4.69, 9.17) is 4.74 Å². The van der Waals surface area contributed by atoms with Gasteiger partial charge in [-0.15, -0.1) is 0 Å². The molecule has 2 amide bonds. The lowest BCUT2D eigenvalue weighted by Crippen LogP contribution is -2.43. The highest BCUT2D eigenvalue weighted by Crippen LogP contribution is 2.38. The fourth-order valence-corrected chi connectivity index (χ4v) is 3.59. The van der Waals surface area contributed by atoms with Gasteiger partial charge in [-0.05, 0) is 30.7 Å². The molecule has 0 spiro atoms. The number of rotatable bonds is 3. The Balaban J connectivity index is 1.58. The smallest absolute Gasteiger partial charge is 0.416 e. The van der Waals surface area contributed by atoms with E-state index in [1.807, 2.05) is 0 Å². The first-order valence-corrected chi connectivity index (χ1v) is 8.85. The third kappa shape index (κ3) is 3.43.